The van der Waals surface area contributed by atoms with Crippen LogP contribution in [0.15, 0.2) is 60.7 Å². The van der Waals surface area contributed by atoms with E-state index in [9.17, 15) is 14.7 Å². The number of amides is 1. The fourth-order valence-corrected chi connectivity index (χ4v) is 7.18. The van der Waals surface area contributed by atoms with Crippen LogP contribution in [0.4, 0.5) is 0 Å². The fourth-order valence-electron chi connectivity index (χ4n) is 7.18. The van der Waals surface area contributed by atoms with Crippen LogP contribution in [0.5, 0.6) is 5.75 Å². The minimum absolute atomic E-state index is 0.180. The van der Waals surface area contributed by atoms with Gasteiger partial charge in [0, 0.05) is 29.1 Å². The number of nitrogens with zero attached hydrogens (tertiary/aromatic N) is 3. The quantitative estimate of drug-likeness (QED) is 0.235. The van der Waals surface area contributed by atoms with Crippen molar-refractivity contribution in [1.82, 2.24) is 19.4 Å². The second-order valence-corrected chi connectivity index (χ2v) is 12.4. The van der Waals surface area contributed by atoms with Gasteiger partial charge >= 0.3 is 5.97 Å². The number of carbonyl (C=O) groups is 2. The second-order valence-electron chi connectivity index (χ2n) is 12.4. The van der Waals surface area contributed by atoms with Gasteiger partial charge in [0.15, 0.2) is 0 Å². The van der Waals surface area contributed by atoms with Crippen molar-refractivity contribution in [3.63, 3.8) is 0 Å². The van der Waals surface area contributed by atoms with Gasteiger partial charge in [-0.3, -0.25) is 4.79 Å². The van der Waals surface area contributed by atoms with Crippen LogP contribution in [0.3, 0.4) is 0 Å². The van der Waals surface area contributed by atoms with Crippen molar-refractivity contribution in [2.24, 2.45) is 7.05 Å². The Morgan fingerprint density at radius 1 is 0.977 bits per heavy atom. The fraction of sp³-hybridized carbons (Fsp3) is 0.343. The van der Waals surface area contributed by atoms with Crippen LogP contribution < -0.4 is 10.1 Å². The summed E-state index contributed by atoms with van der Waals surface area (Å²) in [6.07, 6.45) is 6.13. The Balaban J connectivity index is 1.29. The lowest BCUT2D eigenvalue weighted by Crippen LogP contribution is -2.42. The third-order valence-corrected chi connectivity index (χ3v) is 9.21. The van der Waals surface area contributed by atoms with Gasteiger partial charge in [-0.1, -0.05) is 37.5 Å². The molecule has 1 aliphatic heterocycles. The highest BCUT2D eigenvalue weighted by Gasteiger charge is 2.32. The van der Waals surface area contributed by atoms with Gasteiger partial charge in [-0.25, -0.2) is 9.78 Å². The molecule has 2 N–H and O–H groups in total. The molecule has 1 aliphatic carbocycles. The lowest BCUT2D eigenvalue weighted by Gasteiger charge is -2.26. The molecule has 1 fully saturated rings. The Labute approximate surface area is 250 Å². The van der Waals surface area contributed by atoms with Gasteiger partial charge in [0.1, 0.15) is 18.2 Å². The number of carbonyl (C=O) groups excluding carboxylic acids is 1. The monoisotopic (exact) mass is 576 g/mol. The highest BCUT2D eigenvalue weighted by Crippen LogP contribution is 2.47. The summed E-state index contributed by atoms with van der Waals surface area (Å²) < 4.78 is 10.5. The number of aryl methyl sites for hydroxylation is 1. The molecule has 1 saturated carbocycles. The third kappa shape index (κ3) is 4.56. The van der Waals surface area contributed by atoms with Crippen molar-refractivity contribution in [3.05, 3.63) is 83.2 Å². The number of aromatic nitrogens is 3. The number of nitrogens with one attached hydrogen (secondary N) is 1. The van der Waals surface area contributed by atoms with E-state index < -0.39 is 11.5 Å². The van der Waals surface area contributed by atoms with E-state index in [0.717, 1.165) is 22.3 Å². The van der Waals surface area contributed by atoms with E-state index in [0.29, 0.717) is 36.0 Å². The normalized spacial score (nSPS) is 15.5. The number of fused-ring (bicyclic) bond motifs is 6. The molecule has 7 rings (SSSR count). The molecule has 0 spiro atoms. The molecule has 3 heterocycles. The van der Waals surface area contributed by atoms with E-state index in [2.05, 4.69) is 34.1 Å². The molecule has 0 radical (unpaired) electrons. The summed E-state index contributed by atoms with van der Waals surface area (Å²) in [5, 5.41) is 13.8. The summed E-state index contributed by atoms with van der Waals surface area (Å²) in [5.41, 5.74) is 6.13. The number of ether oxygens (including phenoxy) is 1. The Bertz CT molecular complexity index is 1910. The summed E-state index contributed by atoms with van der Waals surface area (Å²) in [6, 6.07) is 19.3. The van der Waals surface area contributed by atoms with Crippen LogP contribution in [0, 0.1) is 0 Å². The number of imidazole rings is 1. The summed E-state index contributed by atoms with van der Waals surface area (Å²) in [7, 11) is 1.88. The van der Waals surface area contributed by atoms with Crippen molar-refractivity contribution in [2.75, 3.05) is 6.61 Å². The van der Waals surface area contributed by atoms with Gasteiger partial charge < -0.3 is 24.3 Å². The van der Waals surface area contributed by atoms with Crippen molar-refractivity contribution in [1.29, 1.82) is 0 Å². The van der Waals surface area contributed by atoms with E-state index in [1.165, 1.54) is 48.7 Å². The molecule has 0 unspecified atom stereocenters. The average molecular weight is 577 g/mol. The second kappa shape index (κ2) is 10.3. The summed E-state index contributed by atoms with van der Waals surface area (Å²) >= 11 is 0. The maximum Gasteiger partial charge on any atom is 0.335 e. The molecule has 1 amide bonds. The highest BCUT2D eigenvalue weighted by atomic mass is 16.5. The molecule has 43 heavy (non-hydrogen) atoms. The molecule has 2 aliphatic rings. The number of hydrogen-bond donors (Lipinski definition) is 2. The van der Waals surface area contributed by atoms with Crippen LogP contribution in [0.2, 0.25) is 0 Å². The summed E-state index contributed by atoms with van der Waals surface area (Å²) in [4.78, 5) is 30.1. The molecule has 0 bridgehead atoms. The zero-order chi connectivity index (χ0) is 29.9. The Morgan fingerprint density at radius 3 is 2.53 bits per heavy atom. The molecule has 8 heteroatoms. The lowest BCUT2D eigenvalue weighted by molar-refractivity contribution is 0.0696. The first-order valence-corrected chi connectivity index (χ1v) is 15.1. The zero-order valence-electron chi connectivity index (χ0n) is 24.8. The molecule has 8 nitrogen and oxygen atoms in total. The highest BCUT2D eigenvalue weighted by molar-refractivity contribution is 6.01. The molecular weight excluding hydrogens is 540 g/mol. The summed E-state index contributed by atoms with van der Waals surface area (Å²) in [6.45, 7) is 5.11. The van der Waals surface area contributed by atoms with Gasteiger partial charge in [-0.05, 0) is 80.6 Å². The lowest BCUT2D eigenvalue weighted by atomic mass is 9.81. The number of para-hydroxylation sites is 1. The smallest absolute Gasteiger partial charge is 0.335 e. The third-order valence-electron chi connectivity index (χ3n) is 9.21. The maximum absolute atomic E-state index is 13.8. The van der Waals surface area contributed by atoms with Gasteiger partial charge in [-0.15, -0.1) is 0 Å². The predicted octanol–water partition coefficient (Wildman–Crippen LogP) is 7.00. The Kier molecular flexibility index (Phi) is 6.52. The van der Waals surface area contributed by atoms with E-state index in [4.69, 9.17) is 9.72 Å². The predicted molar refractivity (Wildman–Crippen MR) is 167 cm³/mol. The average Bonchev–Trinajstić information content (AvgIpc) is 3.44. The van der Waals surface area contributed by atoms with Crippen LogP contribution >= 0.6 is 0 Å². The largest absolute Gasteiger partial charge is 0.491 e. The topological polar surface area (TPSA) is 98.4 Å². The minimum atomic E-state index is -0.998. The number of carboxylic acids is 1. The first-order chi connectivity index (χ1) is 20.7. The number of benzene rings is 3. The standard InChI is InChI=1S/C35H36N4O4/c1-35(2,34-36-26-19-23(33(41)42)14-16-27(26)38(34)3)37-32(40)22-13-15-24-28(20-22)39-17-18-43-29-12-8-7-11-25(29)31(39)30(24)21-9-5-4-6-10-21/h7-8,11-16,19-21H,4-6,9-10,17-18H2,1-3H3,(H,37,40)(H,41,42). The van der Waals surface area contributed by atoms with Gasteiger partial charge in [0.2, 0.25) is 0 Å². The van der Waals surface area contributed by atoms with Crippen LogP contribution in [-0.2, 0) is 19.1 Å². The van der Waals surface area contributed by atoms with Crippen molar-refractivity contribution < 1.29 is 19.4 Å². The molecule has 3 aromatic carbocycles. The van der Waals surface area contributed by atoms with E-state index >= 15 is 0 Å². The molecule has 0 atom stereocenters. The number of rotatable bonds is 5. The first kappa shape index (κ1) is 27.3. The number of aromatic carboxylic acids is 1. The SMILES string of the molecule is Cn1c(C(C)(C)NC(=O)c2ccc3c(C4CCCCC4)c4n(c3c2)CCOc2ccccc2-4)nc2cc(C(=O)O)ccc21. The Hall–Kier alpha value is -4.59. The van der Waals surface area contributed by atoms with E-state index in [-0.39, 0.29) is 11.5 Å². The van der Waals surface area contributed by atoms with Crippen molar-refractivity contribution >= 4 is 33.8 Å². The van der Waals surface area contributed by atoms with E-state index in [1.807, 2.05) is 43.7 Å². The molecule has 220 valence electrons. The zero-order valence-corrected chi connectivity index (χ0v) is 24.8. The molecule has 0 saturated heterocycles. The molecule has 5 aromatic rings. The van der Waals surface area contributed by atoms with Crippen molar-refractivity contribution in [2.45, 2.75) is 64.0 Å². The number of carboxylic acid groups (broad SMARTS) is 1. The van der Waals surface area contributed by atoms with Crippen molar-refractivity contribution in [3.8, 4) is 17.0 Å². The molecule has 2 aromatic heterocycles. The Morgan fingerprint density at radius 2 is 1.74 bits per heavy atom. The summed E-state index contributed by atoms with van der Waals surface area (Å²) in [5.74, 6) is 0.854. The first-order valence-electron chi connectivity index (χ1n) is 15.1. The van der Waals surface area contributed by atoms with Gasteiger partial charge in [0.05, 0.1) is 34.4 Å². The van der Waals surface area contributed by atoms with Gasteiger partial charge in [-0.2, -0.15) is 0 Å². The van der Waals surface area contributed by atoms with E-state index in [1.54, 1.807) is 18.2 Å². The molecular formula is C35H36N4O4. The van der Waals surface area contributed by atoms with Gasteiger partial charge in [0.25, 0.3) is 5.91 Å². The maximum atomic E-state index is 13.8. The number of hydrogen-bond acceptors (Lipinski definition) is 4. The van der Waals surface area contributed by atoms with Crippen LogP contribution in [0.25, 0.3) is 33.2 Å². The van der Waals surface area contributed by atoms with Crippen LogP contribution in [0.1, 0.15) is 84.0 Å². The minimum Gasteiger partial charge on any atom is -0.491 e. The van der Waals surface area contributed by atoms with Crippen LogP contribution in [-0.4, -0.2) is 37.7 Å².